The first-order valence-electron chi connectivity index (χ1n) is 3.24. The second-order valence-corrected chi connectivity index (χ2v) is 3.36. The summed E-state index contributed by atoms with van der Waals surface area (Å²) in [4.78, 5) is 4.98. The zero-order valence-corrected chi connectivity index (χ0v) is 7.41. The summed E-state index contributed by atoms with van der Waals surface area (Å²) in [6, 6.07) is 0. The van der Waals surface area contributed by atoms with Crippen LogP contribution in [-0.4, -0.2) is 26.1 Å². The average Bonchev–Trinajstić information content (AvgIpc) is 2.30. The molecule has 0 aliphatic carbocycles. The molecule has 1 aromatic rings. The monoisotopic (exact) mass is 195 g/mol. The third kappa shape index (κ3) is 1.91. The molecule has 0 atom stereocenters. The predicted octanol–water partition coefficient (Wildman–Crippen LogP) is 1.26. The van der Waals surface area contributed by atoms with Gasteiger partial charge in [-0.3, -0.25) is 4.98 Å². The largest absolute Gasteiger partial charge is 0.528 e. The van der Waals surface area contributed by atoms with Gasteiger partial charge in [0, 0.05) is 14.1 Å². The lowest BCUT2D eigenvalue weighted by atomic mass is 9.88. The van der Waals surface area contributed by atoms with Gasteiger partial charge in [-0.05, 0) is 11.0 Å². The Bertz CT molecular complexity index is 270. The number of thiazole rings is 1. The van der Waals surface area contributed by atoms with Crippen molar-refractivity contribution in [3.63, 3.8) is 0 Å². The molecular formula is C5H7BF3N2S-. The summed E-state index contributed by atoms with van der Waals surface area (Å²) in [6.07, 6.45) is 0. The van der Waals surface area contributed by atoms with Crippen molar-refractivity contribution in [2.24, 2.45) is 0 Å². The number of rotatable bonds is 2. The SMILES string of the molecule is CN(C)c1nc([B-](F)(F)F)cs1. The Balaban J connectivity index is 2.92. The lowest BCUT2D eigenvalue weighted by Crippen LogP contribution is -2.35. The van der Waals surface area contributed by atoms with Gasteiger partial charge in [0.25, 0.3) is 0 Å². The summed E-state index contributed by atoms with van der Waals surface area (Å²) in [5.74, 6) is 0. The van der Waals surface area contributed by atoms with Crippen molar-refractivity contribution in [3.8, 4) is 0 Å². The highest BCUT2D eigenvalue weighted by atomic mass is 32.1. The van der Waals surface area contributed by atoms with Crippen LogP contribution in [0.3, 0.4) is 0 Å². The highest BCUT2D eigenvalue weighted by Crippen LogP contribution is 2.17. The van der Waals surface area contributed by atoms with Gasteiger partial charge in [0.05, 0.1) is 0 Å². The quantitative estimate of drug-likeness (QED) is 0.660. The van der Waals surface area contributed by atoms with Crippen LogP contribution in [0.4, 0.5) is 18.1 Å². The van der Waals surface area contributed by atoms with Gasteiger partial charge in [0.1, 0.15) is 0 Å². The Hall–Kier alpha value is -0.715. The Morgan fingerprint density at radius 2 is 2.00 bits per heavy atom. The van der Waals surface area contributed by atoms with Crippen LogP contribution in [-0.2, 0) is 0 Å². The number of halogens is 3. The zero-order valence-electron chi connectivity index (χ0n) is 6.59. The number of hydrogen-bond donors (Lipinski definition) is 0. The van der Waals surface area contributed by atoms with E-state index in [4.69, 9.17) is 0 Å². The summed E-state index contributed by atoms with van der Waals surface area (Å²) in [5.41, 5.74) is -0.760. The van der Waals surface area contributed by atoms with E-state index in [1.165, 1.54) is 0 Å². The minimum absolute atomic E-state index is 0.379. The van der Waals surface area contributed by atoms with E-state index in [1.807, 2.05) is 0 Å². The summed E-state index contributed by atoms with van der Waals surface area (Å²) in [5, 5.41) is 1.42. The smallest absolute Gasteiger partial charge is 0.444 e. The maximum atomic E-state index is 12.1. The summed E-state index contributed by atoms with van der Waals surface area (Å²) in [7, 11) is 3.32. The van der Waals surface area contributed by atoms with Crippen molar-refractivity contribution in [1.82, 2.24) is 4.98 Å². The first kappa shape index (κ1) is 9.37. The lowest BCUT2D eigenvalue weighted by Gasteiger charge is -2.10. The summed E-state index contributed by atoms with van der Waals surface area (Å²) < 4.78 is 36.2. The van der Waals surface area contributed by atoms with Gasteiger partial charge in [-0.25, -0.2) is 0 Å². The molecule has 1 heterocycles. The van der Waals surface area contributed by atoms with Gasteiger partial charge >= 0.3 is 6.98 Å². The third-order valence-electron chi connectivity index (χ3n) is 1.23. The predicted molar refractivity (Wildman–Crippen MR) is 45.2 cm³/mol. The van der Waals surface area contributed by atoms with Gasteiger partial charge in [0.15, 0.2) is 5.13 Å². The van der Waals surface area contributed by atoms with E-state index >= 15 is 0 Å². The van der Waals surface area contributed by atoms with Gasteiger partial charge in [0.2, 0.25) is 0 Å². The van der Waals surface area contributed by atoms with Crippen LogP contribution < -0.4 is 10.5 Å². The molecule has 0 amide bonds. The summed E-state index contributed by atoms with van der Waals surface area (Å²) >= 11 is 0.995. The van der Waals surface area contributed by atoms with E-state index in [2.05, 4.69) is 4.98 Å². The molecule has 68 valence electrons. The summed E-state index contributed by atoms with van der Waals surface area (Å²) in [6.45, 7) is -4.94. The standard InChI is InChI=1S/C5H7BF3N2S/c1-11(2)5-10-4(3-12-5)6(7,8)9/h3H,1-2H3/q-1. The lowest BCUT2D eigenvalue weighted by molar-refractivity contribution is 0.499. The van der Waals surface area contributed by atoms with Crippen molar-refractivity contribution >= 4 is 29.0 Å². The normalized spacial score (nSPS) is 11.8. The number of aromatic nitrogens is 1. The van der Waals surface area contributed by atoms with E-state index in [0.29, 0.717) is 5.13 Å². The molecule has 0 spiro atoms. The fourth-order valence-electron chi connectivity index (χ4n) is 0.632. The highest BCUT2D eigenvalue weighted by molar-refractivity contribution is 7.14. The first-order chi connectivity index (χ1) is 5.41. The van der Waals surface area contributed by atoms with E-state index in [-0.39, 0.29) is 0 Å². The van der Waals surface area contributed by atoms with Crippen LogP contribution in [0.5, 0.6) is 0 Å². The van der Waals surface area contributed by atoms with Crippen LogP contribution >= 0.6 is 11.3 Å². The fourth-order valence-corrected chi connectivity index (χ4v) is 1.43. The minimum atomic E-state index is -4.94. The minimum Gasteiger partial charge on any atom is -0.444 e. The van der Waals surface area contributed by atoms with Crippen molar-refractivity contribution in [3.05, 3.63) is 5.38 Å². The Morgan fingerprint density at radius 1 is 1.42 bits per heavy atom. The van der Waals surface area contributed by atoms with Crippen LogP contribution in [0.15, 0.2) is 5.38 Å². The molecule has 0 N–H and O–H groups in total. The van der Waals surface area contributed by atoms with E-state index in [0.717, 1.165) is 16.7 Å². The zero-order chi connectivity index (χ0) is 9.35. The Labute approximate surface area is 72.1 Å². The molecule has 1 aromatic heterocycles. The van der Waals surface area contributed by atoms with Crippen LogP contribution in [0, 0.1) is 0 Å². The van der Waals surface area contributed by atoms with Gasteiger partial charge < -0.3 is 17.8 Å². The molecule has 1 rings (SSSR count). The van der Waals surface area contributed by atoms with E-state index < -0.39 is 12.6 Å². The molecule has 7 heteroatoms. The molecule has 0 aromatic carbocycles. The molecule has 0 bridgehead atoms. The molecule has 0 saturated carbocycles. The molecule has 0 aliphatic rings. The van der Waals surface area contributed by atoms with Crippen molar-refractivity contribution < 1.29 is 12.9 Å². The van der Waals surface area contributed by atoms with Crippen LogP contribution in [0.1, 0.15) is 0 Å². The molecule has 0 saturated heterocycles. The van der Waals surface area contributed by atoms with Gasteiger partial charge in [-0.1, -0.05) is 0 Å². The number of anilines is 1. The molecule has 0 fully saturated rings. The van der Waals surface area contributed by atoms with E-state index in [9.17, 15) is 12.9 Å². The van der Waals surface area contributed by atoms with Crippen LogP contribution in [0.2, 0.25) is 0 Å². The maximum absolute atomic E-state index is 12.1. The van der Waals surface area contributed by atoms with E-state index in [1.54, 1.807) is 19.0 Å². The maximum Gasteiger partial charge on any atom is 0.528 e. The topological polar surface area (TPSA) is 16.1 Å². The Kier molecular flexibility index (Phi) is 2.32. The fraction of sp³-hybridized carbons (Fsp3) is 0.400. The van der Waals surface area contributed by atoms with Crippen molar-refractivity contribution in [1.29, 1.82) is 0 Å². The van der Waals surface area contributed by atoms with Crippen molar-refractivity contribution in [2.75, 3.05) is 19.0 Å². The van der Waals surface area contributed by atoms with Gasteiger partial charge in [-0.15, -0.1) is 11.3 Å². The van der Waals surface area contributed by atoms with Gasteiger partial charge in [-0.2, -0.15) is 0 Å². The Morgan fingerprint density at radius 3 is 2.25 bits per heavy atom. The molecule has 12 heavy (non-hydrogen) atoms. The first-order valence-corrected chi connectivity index (χ1v) is 4.12. The average molecular weight is 195 g/mol. The third-order valence-corrected chi connectivity index (χ3v) is 2.25. The molecule has 0 aliphatic heterocycles. The second-order valence-electron chi connectivity index (χ2n) is 2.52. The van der Waals surface area contributed by atoms with Crippen molar-refractivity contribution in [2.45, 2.75) is 0 Å². The van der Waals surface area contributed by atoms with Crippen LogP contribution in [0.25, 0.3) is 0 Å². The molecule has 0 unspecified atom stereocenters. The number of nitrogens with zero attached hydrogens (tertiary/aromatic N) is 2. The molecule has 2 nitrogen and oxygen atoms in total. The molecule has 0 radical (unpaired) electrons. The second kappa shape index (κ2) is 2.97. The molecular weight excluding hydrogens is 188 g/mol. The number of hydrogen-bond acceptors (Lipinski definition) is 3. The highest BCUT2D eigenvalue weighted by Gasteiger charge is 2.28.